The fourth-order valence-electron chi connectivity index (χ4n) is 9.85. The van der Waals surface area contributed by atoms with Crippen molar-refractivity contribution in [1.29, 1.82) is 0 Å². The van der Waals surface area contributed by atoms with E-state index in [4.69, 9.17) is 28.2 Å². The van der Waals surface area contributed by atoms with Crippen molar-refractivity contribution in [2.75, 3.05) is 19.6 Å². The number of carbonyl (C=O) groups is 1. The van der Waals surface area contributed by atoms with Gasteiger partial charge in [-0.3, -0.25) is 9.69 Å². The normalized spacial score (nSPS) is 23.8. The molecule has 8 rings (SSSR count). The molecule has 276 valence electrons. The number of hydrogen-bond acceptors (Lipinski definition) is 5. The molecule has 1 saturated carbocycles. The van der Waals surface area contributed by atoms with E-state index in [1.54, 1.807) is 17.0 Å². The lowest BCUT2D eigenvalue weighted by atomic mass is 9.70. The lowest BCUT2D eigenvalue weighted by Gasteiger charge is -2.45. The number of amides is 1. The van der Waals surface area contributed by atoms with Gasteiger partial charge in [0.15, 0.2) is 0 Å². The van der Waals surface area contributed by atoms with Gasteiger partial charge in [-0.25, -0.2) is 22.5 Å². The molecule has 4 aromatic rings. The summed E-state index contributed by atoms with van der Waals surface area (Å²) in [6.45, 7) is 3.85. The number of benzene rings is 3. The lowest BCUT2D eigenvalue weighted by molar-refractivity contribution is 0.0606. The summed E-state index contributed by atoms with van der Waals surface area (Å²) in [6.07, 6.45) is 10.2. The molecule has 4 fully saturated rings. The van der Waals surface area contributed by atoms with Gasteiger partial charge in [-0.05, 0) is 119 Å². The summed E-state index contributed by atoms with van der Waals surface area (Å²) in [5.41, 5.74) is 2.91. The van der Waals surface area contributed by atoms with E-state index in [9.17, 15) is 17.6 Å². The maximum absolute atomic E-state index is 14.8. The van der Waals surface area contributed by atoms with Crippen LogP contribution >= 0.6 is 23.2 Å². The molecule has 1 unspecified atom stereocenters. The van der Waals surface area contributed by atoms with Crippen molar-refractivity contribution in [2.24, 2.45) is 0 Å². The van der Waals surface area contributed by atoms with Crippen molar-refractivity contribution in [2.45, 2.75) is 112 Å². The van der Waals surface area contributed by atoms with Crippen LogP contribution in [-0.4, -0.2) is 71.4 Å². The molecule has 3 saturated heterocycles. The summed E-state index contributed by atoms with van der Waals surface area (Å²) in [5.74, 6) is 0.423. The Labute approximate surface area is 315 Å². The zero-order valence-corrected chi connectivity index (χ0v) is 31.9. The Morgan fingerprint density at radius 1 is 0.942 bits per heavy atom. The number of likely N-dealkylation sites (tertiary alicyclic amines) is 1. The number of piperidine rings is 2. The topological polar surface area (TPSA) is 87.5 Å². The number of aromatic nitrogens is 2. The van der Waals surface area contributed by atoms with E-state index in [1.807, 2.05) is 12.1 Å². The summed E-state index contributed by atoms with van der Waals surface area (Å²) in [6, 6.07) is 19.4. The molecule has 0 radical (unpaired) electrons. The smallest absolute Gasteiger partial charge is 0.256 e. The molecule has 1 aromatic heterocycles. The van der Waals surface area contributed by atoms with Crippen molar-refractivity contribution in [3.63, 3.8) is 0 Å². The van der Waals surface area contributed by atoms with Crippen LogP contribution in [0.4, 0.5) is 4.39 Å². The number of aryl methyl sites for hydroxylation is 1. The van der Waals surface area contributed by atoms with Crippen LogP contribution < -0.4 is 4.72 Å². The number of nitrogens with one attached hydrogen (secondary N) is 1. The number of halogens is 3. The molecular formula is C40H46Cl2FN5O3S. The molecule has 3 atom stereocenters. The molecule has 12 heteroatoms. The maximum atomic E-state index is 14.8. The fraction of sp³-hybridized carbons (Fsp3) is 0.500. The summed E-state index contributed by atoms with van der Waals surface area (Å²) < 4.78 is 46.6. The molecule has 1 amide bonds. The first-order valence-corrected chi connectivity index (χ1v) is 21.0. The van der Waals surface area contributed by atoms with Crippen LogP contribution in [0.5, 0.6) is 0 Å². The molecule has 2 bridgehead atoms. The van der Waals surface area contributed by atoms with Crippen molar-refractivity contribution in [1.82, 2.24) is 24.1 Å². The minimum atomic E-state index is -3.94. The van der Waals surface area contributed by atoms with E-state index < -0.39 is 10.0 Å². The van der Waals surface area contributed by atoms with Gasteiger partial charge in [0, 0.05) is 37.3 Å². The van der Waals surface area contributed by atoms with Gasteiger partial charge in [-0.15, -0.1) is 0 Å². The van der Waals surface area contributed by atoms with Crippen LogP contribution in [0.1, 0.15) is 98.4 Å². The van der Waals surface area contributed by atoms with E-state index in [-0.39, 0.29) is 43.7 Å². The Kier molecular flexibility index (Phi) is 9.91. The van der Waals surface area contributed by atoms with Crippen LogP contribution in [0.3, 0.4) is 0 Å². The van der Waals surface area contributed by atoms with Crippen LogP contribution in [-0.2, 0) is 15.4 Å². The lowest BCUT2D eigenvalue weighted by Crippen LogP contribution is -2.49. The quantitative estimate of drug-likeness (QED) is 0.185. The first-order valence-electron chi connectivity index (χ1n) is 18.8. The Morgan fingerprint density at radius 2 is 1.65 bits per heavy atom. The predicted octanol–water partition coefficient (Wildman–Crippen LogP) is 8.44. The van der Waals surface area contributed by atoms with Crippen molar-refractivity contribution in [3.05, 3.63) is 93.5 Å². The van der Waals surface area contributed by atoms with Gasteiger partial charge in [-0.1, -0.05) is 60.3 Å². The second kappa shape index (κ2) is 14.3. The number of imidazole rings is 1. The van der Waals surface area contributed by atoms with Gasteiger partial charge in [0.05, 0.1) is 26.6 Å². The average molecular weight is 767 g/mol. The SMILES string of the molecule is Cc1nc2ccccc2n1C1C[C@H]2CC[C@@H](C1)N2CCC1(c2cccc(F)c2)CCN(C(=O)c2c(Cl)ccc(S(=O)(=O)NC3CCCC3)c2Cl)CC1. The highest BCUT2D eigenvalue weighted by molar-refractivity contribution is 7.89. The minimum Gasteiger partial charge on any atom is -0.338 e. The molecule has 52 heavy (non-hydrogen) atoms. The van der Waals surface area contributed by atoms with E-state index in [0.717, 1.165) is 68.4 Å². The van der Waals surface area contributed by atoms with Crippen LogP contribution in [0.25, 0.3) is 11.0 Å². The second-order valence-corrected chi connectivity index (χ2v) is 17.9. The molecule has 3 aliphatic heterocycles. The summed E-state index contributed by atoms with van der Waals surface area (Å²) in [7, 11) is -3.94. The molecular weight excluding hydrogens is 720 g/mol. The number of rotatable bonds is 9. The van der Waals surface area contributed by atoms with Crippen molar-refractivity contribution >= 4 is 50.2 Å². The molecule has 1 N–H and O–H groups in total. The monoisotopic (exact) mass is 765 g/mol. The third-order valence-corrected chi connectivity index (χ3v) is 14.9. The number of carbonyl (C=O) groups excluding carboxylic acids is 1. The zero-order valence-electron chi connectivity index (χ0n) is 29.5. The minimum absolute atomic E-state index is 0.0104. The van der Waals surface area contributed by atoms with Gasteiger partial charge in [0.2, 0.25) is 10.0 Å². The Balaban J connectivity index is 0.990. The van der Waals surface area contributed by atoms with E-state index >= 15 is 0 Å². The first-order chi connectivity index (χ1) is 25.0. The predicted molar refractivity (Wildman–Crippen MR) is 203 cm³/mol. The number of hydrogen-bond donors (Lipinski definition) is 1. The molecule has 1 aliphatic carbocycles. The maximum Gasteiger partial charge on any atom is 0.256 e. The second-order valence-electron chi connectivity index (χ2n) is 15.4. The van der Waals surface area contributed by atoms with Crippen molar-refractivity contribution in [3.8, 4) is 0 Å². The third-order valence-electron chi connectivity index (χ3n) is 12.5. The molecule has 4 heterocycles. The fourth-order valence-corrected chi connectivity index (χ4v) is 12.1. The largest absolute Gasteiger partial charge is 0.338 e. The summed E-state index contributed by atoms with van der Waals surface area (Å²) in [5, 5.41) is -0.0303. The number of para-hydroxylation sites is 2. The number of fused-ring (bicyclic) bond motifs is 3. The van der Waals surface area contributed by atoms with Gasteiger partial charge in [0.1, 0.15) is 16.5 Å². The van der Waals surface area contributed by atoms with E-state index in [2.05, 4.69) is 39.3 Å². The van der Waals surface area contributed by atoms with Crippen LogP contribution in [0, 0.1) is 12.7 Å². The highest BCUT2D eigenvalue weighted by Gasteiger charge is 2.44. The Hall–Kier alpha value is -3.02. The third kappa shape index (κ3) is 6.68. The average Bonchev–Trinajstić information content (AvgIpc) is 3.81. The van der Waals surface area contributed by atoms with Gasteiger partial charge in [-0.2, -0.15) is 0 Å². The molecule has 4 aliphatic rings. The number of nitrogens with zero attached hydrogens (tertiary/aromatic N) is 4. The Bertz CT molecular complexity index is 2080. The summed E-state index contributed by atoms with van der Waals surface area (Å²) in [4.78, 5) is 23.2. The van der Waals surface area contributed by atoms with Gasteiger partial charge in [0.25, 0.3) is 5.91 Å². The summed E-state index contributed by atoms with van der Waals surface area (Å²) >= 11 is 13.3. The van der Waals surface area contributed by atoms with Crippen molar-refractivity contribution < 1.29 is 17.6 Å². The molecule has 8 nitrogen and oxygen atoms in total. The van der Waals surface area contributed by atoms with E-state index in [1.165, 1.54) is 36.6 Å². The highest BCUT2D eigenvalue weighted by atomic mass is 35.5. The highest BCUT2D eigenvalue weighted by Crippen LogP contribution is 2.45. The first kappa shape index (κ1) is 36.0. The van der Waals surface area contributed by atoms with Crippen LogP contribution in [0.15, 0.2) is 65.6 Å². The van der Waals surface area contributed by atoms with E-state index in [0.29, 0.717) is 44.1 Å². The number of sulfonamides is 1. The van der Waals surface area contributed by atoms with Gasteiger partial charge >= 0.3 is 0 Å². The zero-order chi connectivity index (χ0) is 36.2. The standard InChI is InChI=1S/C40H46Cl2FN5O3S/c1-26-44-34-11-4-5-12-35(34)48(26)32-24-30-13-14-31(25-32)47(30)22-19-40(27-7-6-8-28(43)23-27)17-20-46(21-18-40)39(49)37-33(41)15-16-36(38(37)42)52(50,51)45-29-9-2-3-10-29/h4-8,11-12,15-16,23,29-32,45H,2-3,9-10,13-14,17-22,24-25H2,1H3/t30-,31+,32?. The van der Waals surface area contributed by atoms with Crippen LogP contribution in [0.2, 0.25) is 10.0 Å². The Morgan fingerprint density at radius 3 is 2.37 bits per heavy atom. The van der Waals surface area contributed by atoms with Gasteiger partial charge < -0.3 is 9.47 Å². The molecule has 0 spiro atoms. The molecule has 3 aromatic carbocycles.